The van der Waals surface area contributed by atoms with E-state index < -0.39 is 6.10 Å². The Morgan fingerprint density at radius 1 is 0.875 bits per heavy atom. The number of rotatable bonds is 8. The van der Waals surface area contributed by atoms with Crippen LogP contribution >= 0.6 is 0 Å². The lowest BCUT2D eigenvalue weighted by atomic mass is 10.1. The van der Waals surface area contributed by atoms with Crippen LogP contribution in [0.25, 0.3) is 0 Å². The molecule has 0 bridgehead atoms. The zero-order valence-corrected chi connectivity index (χ0v) is 17.7. The van der Waals surface area contributed by atoms with E-state index in [4.69, 9.17) is 14.2 Å². The number of hydrogen-bond donors (Lipinski definition) is 2. The fourth-order valence-corrected chi connectivity index (χ4v) is 3.26. The Morgan fingerprint density at radius 3 is 2.44 bits per heavy atom. The highest BCUT2D eigenvalue weighted by molar-refractivity contribution is 5.97. The van der Waals surface area contributed by atoms with Gasteiger partial charge in [0, 0.05) is 13.1 Å². The van der Waals surface area contributed by atoms with Gasteiger partial charge in [-0.2, -0.15) is 0 Å². The van der Waals surface area contributed by atoms with Crippen molar-refractivity contribution in [3.05, 3.63) is 89.5 Å². The summed E-state index contributed by atoms with van der Waals surface area (Å²) in [4.78, 5) is 25.2. The smallest absolute Gasteiger partial charge is 0.261 e. The van der Waals surface area contributed by atoms with E-state index in [9.17, 15) is 9.59 Å². The van der Waals surface area contributed by atoms with Crippen molar-refractivity contribution in [3.8, 4) is 17.2 Å². The van der Waals surface area contributed by atoms with Crippen molar-refractivity contribution in [2.45, 2.75) is 26.1 Å². The van der Waals surface area contributed by atoms with Crippen molar-refractivity contribution in [2.75, 3.05) is 6.79 Å². The number of benzene rings is 3. The average molecular weight is 432 g/mol. The van der Waals surface area contributed by atoms with E-state index in [-0.39, 0.29) is 18.6 Å². The minimum absolute atomic E-state index is 0.203. The van der Waals surface area contributed by atoms with E-state index in [2.05, 4.69) is 10.6 Å². The first kappa shape index (κ1) is 21.2. The highest BCUT2D eigenvalue weighted by Gasteiger charge is 2.19. The minimum atomic E-state index is -0.785. The third-order valence-corrected chi connectivity index (χ3v) is 5.00. The molecule has 4 rings (SSSR count). The first-order valence-corrected chi connectivity index (χ1v) is 10.3. The SMILES string of the molecule is C[C@@H](Oc1ccccc1C(=O)NCc1ccccc1)C(=O)NCc1ccc2c(c1)OCO2. The molecule has 32 heavy (non-hydrogen) atoms. The van der Waals surface area contributed by atoms with Gasteiger partial charge < -0.3 is 24.8 Å². The third-order valence-electron chi connectivity index (χ3n) is 5.00. The summed E-state index contributed by atoms with van der Waals surface area (Å²) in [5.74, 6) is 1.15. The van der Waals surface area contributed by atoms with Gasteiger partial charge in [-0.3, -0.25) is 9.59 Å². The van der Waals surface area contributed by atoms with Crippen molar-refractivity contribution in [1.29, 1.82) is 0 Å². The van der Waals surface area contributed by atoms with E-state index in [0.717, 1.165) is 11.1 Å². The first-order chi connectivity index (χ1) is 15.6. The molecular weight excluding hydrogens is 408 g/mol. The number of hydrogen-bond acceptors (Lipinski definition) is 5. The molecule has 1 aliphatic heterocycles. The van der Waals surface area contributed by atoms with Gasteiger partial charge in [-0.1, -0.05) is 48.5 Å². The van der Waals surface area contributed by atoms with E-state index >= 15 is 0 Å². The number of fused-ring (bicyclic) bond motifs is 1. The standard InChI is InChI=1S/C25H24N2O5/c1-17(24(28)26-15-19-11-12-22-23(13-19)31-16-30-22)32-21-10-6-5-9-20(21)25(29)27-14-18-7-3-2-4-8-18/h2-13,17H,14-16H2,1H3,(H,26,28)(H,27,29)/t17-/m1/s1. The molecule has 2 N–H and O–H groups in total. The van der Waals surface area contributed by atoms with Gasteiger partial charge >= 0.3 is 0 Å². The summed E-state index contributed by atoms with van der Waals surface area (Å²) >= 11 is 0. The van der Waals surface area contributed by atoms with Crippen LogP contribution in [0, 0.1) is 0 Å². The molecule has 0 aromatic heterocycles. The molecule has 0 saturated carbocycles. The van der Waals surface area contributed by atoms with E-state index in [1.54, 1.807) is 31.2 Å². The quantitative estimate of drug-likeness (QED) is 0.570. The highest BCUT2D eigenvalue weighted by Crippen LogP contribution is 2.32. The molecule has 0 spiro atoms. The van der Waals surface area contributed by atoms with E-state index in [1.807, 2.05) is 48.5 Å². The van der Waals surface area contributed by atoms with E-state index in [1.165, 1.54) is 0 Å². The van der Waals surface area contributed by atoms with Crippen molar-refractivity contribution in [2.24, 2.45) is 0 Å². The number of para-hydroxylation sites is 1. The monoisotopic (exact) mass is 432 g/mol. The zero-order chi connectivity index (χ0) is 22.3. The Labute approximate surface area is 186 Å². The lowest BCUT2D eigenvalue weighted by molar-refractivity contribution is -0.127. The molecule has 0 aliphatic carbocycles. The fourth-order valence-electron chi connectivity index (χ4n) is 3.26. The Bertz CT molecular complexity index is 1100. The van der Waals surface area contributed by atoms with Crippen LogP contribution in [0.5, 0.6) is 17.2 Å². The lowest BCUT2D eigenvalue weighted by Gasteiger charge is -2.17. The Balaban J connectivity index is 1.33. The normalized spacial score (nSPS) is 12.7. The summed E-state index contributed by atoms with van der Waals surface area (Å²) in [7, 11) is 0. The van der Waals surface area contributed by atoms with Gasteiger partial charge in [-0.15, -0.1) is 0 Å². The van der Waals surface area contributed by atoms with Crippen LogP contribution in [0.2, 0.25) is 0 Å². The van der Waals surface area contributed by atoms with Crippen LogP contribution in [0.1, 0.15) is 28.4 Å². The molecule has 2 amide bonds. The molecule has 3 aromatic rings. The fraction of sp³-hybridized carbons (Fsp3) is 0.200. The number of carbonyl (C=O) groups excluding carboxylic acids is 2. The molecule has 7 nitrogen and oxygen atoms in total. The van der Waals surface area contributed by atoms with Crippen molar-refractivity contribution in [1.82, 2.24) is 10.6 Å². The molecule has 0 saturated heterocycles. The number of amides is 2. The highest BCUT2D eigenvalue weighted by atomic mass is 16.7. The molecule has 1 aliphatic rings. The molecule has 1 atom stereocenters. The molecule has 164 valence electrons. The molecule has 0 radical (unpaired) electrons. The second-order valence-corrected chi connectivity index (χ2v) is 7.33. The second-order valence-electron chi connectivity index (χ2n) is 7.33. The number of ether oxygens (including phenoxy) is 3. The van der Waals surface area contributed by atoms with E-state index in [0.29, 0.717) is 35.9 Å². The first-order valence-electron chi connectivity index (χ1n) is 10.3. The average Bonchev–Trinajstić information content (AvgIpc) is 3.30. The minimum Gasteiger partial charge on any atom is -0.480 e. The molecule has 1 heterocycles. The van der Waals surface area contributed by atoms with Crippen LogP contribution in [0.3, 0.4) is 0 Å². The van der Waals surface area contributed by atoms with Gasteiger partial charge in [0.1, 0.15) is 5.75 Å². The summed E-state index contributed by atoms with van der Waals surface area (Å²) < 4.78 is 16.5. The van der Waals surface area contributed by atoms with Crippen LogP contribution in [-0.2, 0) is 17.9 Å². The Morgan fingerprint density at radius 2 is 1.59 bits per heavy atom. The second kappa shape index (κ2) is 9.87. The van der Waals surface area contributed by atoms with Crippen LogP contribution in [0.4, 0.5) is 0 Å². The molecule has 7 heteroatoms. The van der Waals surface area contributed by atoms with Crippen LogP contribution < -0.4 is 24.8 Å². The maximum Gasteiger partial charge on any atom is 0.261 e. The topological polar surface area (TPSA) is 85.9 Å². The van der Waals surface area contributed by atoms with Gasteiger partial charge in [0.05, 0.1) is 5.56 Å². The third kappa shape index (κ3) is 5.18. The predicted molar refractivity (Wildman–Crippen MR) is 119 cm³/mol. The summed E-state index contributed by atoms with van der Waals surface area (Å²) in [5.41, 5.74) is 2.25. The summed E-state index contributed by atoms with van der Waals surface area (Å²) in [6, 6.07) is 22.0. The number of carbonyl (C=O) groups is 2. The zero-order valence-electron chi connectivity index (χ0n) is 17.7. The molecule has 3 aromatic carbocycles. The van der Waals surface area contributed by atoms with Crippen molar-refractivity contribution in [3.63, 3.8) is 0 Å². The molecule has 0 fully saturated rings. The van der Waals surface area contributed by atoms with Gasteiger partial charge in [0.2, 0.25) is 6.79 Å². The lowest BCUT2D eigenvalue weighted by Crippen LogP contribution is -2.36. The molecule has 0 unspecified atom stereocenters. The van der Waals surface area contributed by atoms with Crippen molar-refractivity contribution >= 4 is 11.8 Å². The van der Waals surface area contributed by atoms with Gasteiger partial charge in [0.25, 0.3) is 11.8 Å². The summed E-state index contributed by atoms with van der Waals surface area (Å²) in [6.45, 7) is 2.57. The van der Waals surface area contributed by atoms with Crippen LogP contribution in [-0.4, -0.2) is 24.7 Å². The Hall–Kier alpha value is -4.00. The van der Waals surface area contributed by atoms with Gasteiger partial charge in [-0.25, -0.2) is 0 Å². The molecular formula is C25H24N2O5. The van der Waals surface area contributed by atoms with Gasteiger partial charge in [-0.05, 0) is 42.3 Å². The van der Waals surface area contributed by atoms with Gasteiger partial charge in [0.15, 0.2) is 17.6 Å². The number of nitrogens with one attached hydrogen (secondary N) is 2. The predicted octanol–water partition coefficient (Wildman–Crippen LogP) is 3.43. The summed E-state index contributed by atoms with van der Waals surface area (Å²) in [5, 5.41) is 5.73. The van der Waals surface area contributed by atoms with Crippen molar-refractivity contribution < 1.29 is 23.8 Å². The summed E-state index contributed by atoms with van der Waals surface area (Å²) in [6.07, 6.45) is -0.785. The maximum absolute atomic E-state index is 12.7. The maximum atomic E-state index is 12.7. The largest absolute Gasteiger partial charge is 0.480 e. The Kier molecular flexibility index (Phi) is 6.55. The van der Waals surface area contributed by atoms with Crippen LogP contribution in [0.15, 0.2) is 72.8 Å².